The van der Waals surface area contributed by atoms with Crippen molar-refractivity contribution in [2.45, 2.75) is 25.2 Å². The fourth-order valence-corrected chi connectivity index (χ4v) is 3.86. The fourth-order valence-electron chi connectivity index (χ4n) is 3.86. The summed E-state index contributed by atoms with van der Waals surface area (Å²) in [4.78, 5) is 34.8. The van der Waals surface area contributed by atoms with Crippen LogP contribution < -0.4 is 10.1 Å². The minimum atomic E-state index is -0.462. The van der Waals surface area contributed by atoms with Gasteiger partial charge in [-0.25, -0.2) is 4.98 Å². The van der Waals surface area contributed by atoms with Gasteiger partial charge in [-0.05, 0) is 36.6 Å². The summed E-state index contributed by atoms with van der Waals surface area (Å²) < 4.78 is 11.2. The van der Waals surface area contributed by atoms with Crippen LogP contribution in [0.2, 0.25) is 0 Å². The quantitative estimate of drug-likeness (QED) is 0.568. The van der Waals surface area contributed by atoms with E-state index in [4.69, 9.17) is 9.15 Å². The molecule has 3 heterocycles. The largest absolute Gasteiger partial charge is 0.506 e. The number of likely N-dealkylation sites (tertiary alicyclic amines) is 1. The third-order valence-electron chi connectivity index (χ3n) is 5.62. The van der Waals surface area contributed by atoms with Gasteiger partial charge in [-0.2, -0.15) is 0 Å². The number of aromatic hydroxyl groups is 1. The Morgan fingerprint density at radius 2 is 2.06 bits per heavy atom. The van der Waals surface area contributed by atoms with Crippen molar-refractivity contribution in [1.29, 1.82) is 0 Å². The first-order valence-corrected chi connectivity index (χ1v) is 10.8. The molecule has 0 spiro atoms. The number of oxazole rings is 1. The van der Waals surface area contributed by atoms with E-state index in [1.807, 2.05) is 24.3 Å². The van der Waals surface area contributed by atoms with Crippen LogP contribution in [0.5, 0.6) is 11.5 Å². The lowest BCUT2D eigenvalue weighted by atomic mass is 9.98. The molecule has 1 atom stereocenters. The van der Waals surface area contributed by atoms with Gasteiger partial charge in [0.2, 0.25) is 5.91 Å². The molecule has 2 amide bonds. The number of amides is 2. The lowest BCUT2D eigenvalue weighted by Gasteiger charge is -2.31. The molecular weight excluding hydrogens is 424 g/mol. The standard InChI is InChI=1S/C24H26N4O5/c1-32-20-6-4-16(5-7-20)9-21-13-27-24(33-21)17-3-2-8-28(15-17)22(30)14-26-23(31)18-10-19(29)12-25-11-18/h4-7,10-13,17,29H,2-3,8-9,14-15H2,1H3,(H,26,31)/t17-/m0/s1. The fraction of sp³-hybridized carbons (Fsp3) is 0.333. The van der Waals surface area contributed by atoms with Crippen LogP contribution in [0, 0.1) is 0 Å². The third-order valence-corrected chi connectivity index (χ3v) is 5.62. The summed E-state index contributed by atoms with van der Waals surface area (Å²) in [7, 11) is 1.64. The van der Waals surface area contributed by atoms with Gasteiger partial charge in [-0.15, -0.1) is 0 Å². The maximum atomic E-state index is 12.7. The van der Waals surface area contributed by atoms with Crippen molar-refractivity contribution in [3.8, 4) is 11.5 Å². The van der Waals surface area contributed by atoms with Crippen LogP contribution in [-0.4, -0.2) is 58.5 Å². The molecule has 9 nitrogen and oxygen atoms in total. The van der Waals surface area contributed by atoms with Gasteiger partial charge in [0, 0.05) is 25.7 Å². The lowest BCUT2D eigenvalue weighted by Crippen LogP contribution is -2.44. The first-order valence-electron chi connectivity index (χ1n) is 10.8. The second-order valence-corrected chi connectivity index (χ2v) is 7.98. The Hall–Kier alpha value is -3.88. The molecule has 1 aromatic carbocycles. The summed E-state index contributed by atoms with van der Waals surface area (Å²) in [5.41, 5.74) is 1.29. The molecule has 1 fully saturated rings. The molecule has 1 aliphatic heterocycles. The predicted octanol–water partition coefficient (Wildman–Crippen LogP) is 2.51. The summed E-state index contributed by atoms with van der Waals surface area (Å²) in [6.07, 6.45) is 6.65. The molecule has 0 radical (unpaired) electrons. The van der Waals surface area contributed by atoms with E-state index in [2.05, 4.69) is 15.3 Å². The molecule has 2 aromatic heterocycles. The van der Waals surface area contributed by atoms with E-state index in [9.17, 15) is 14.7 Å². The maximum absolute atomic E-state index is 12.7. The Labute approximate surface area is 191 Å². The van der Waals surface area contributed by atoms with Gasteiger partial charge < -0.3 is 24.5 Å². The zero-order chi connectivity index (χ0) is 23.2. The Morgan fingerprint density at radius 3 is 2.82 bits per heavy atom. The lowest BCUT2D eigenvalue weighted by molar-refractivity contribution is -0.131. The van der Waals surface area contributed by atoms with Gasteiger partial charge in [0.15, 0.2) is 5.89 Å². The molecule has 33 heavy (non-hydrogen) atoms. The van der Waals surface area contributed by atoms with Crippen molar-refractivity contribution in [3.05, 3.63) is 71.7 Å². The topological polar surface area (TPSA) is 118 Å². The summed E-state index contributed by atoms with van der Waals surface area (Å²) in [6.45, 7) is 0.985. The zero-order valence-electron chi connectivity index (χ0n) is 18.4. The first-order chi connectivity index (χ1) is 16.0. The zero-order valence-corrected chi connectivity index (χ0v) is 18.4. The highest BCUT2D eigenvalue weighted by atomic mass is 16.5. The Bertz CT molecular complexity index is 1110. The minimum absolute atomic E-state index is 0.0123. The van der Waals surface area contributed by atoms with E-state index in [0.29, 0.717) is 25.4 Å². The molecule has 1 aliphatic rings. The van der Waals surface area contributed by atoms with Crippen molar-refractivity contribution < 1.29 is 23.8 Å². The number of hydrogen-bond acceptors (Lipinski definition) is 7. The molecule has 0 saturated carbocycles. The normalized spacial score (nSPS) is 15.8. The van der Waals surface area contributed by atoms with Crippen LogP contribution in [0.25, 0.3) is 0 Å². The smallest absolute Gasteiger partial charge is 0.253 e. The van der Waals surface area contributed by atoms with E-state index in [0.717, 1.165) is 29.9 Å². The predicted molar refractivity (Wildman–Crippen MR) is 119 cm³/mol. The number of carbonyl (C=O) groups excluding carboxylic acids is 2. The number of rotatable bonds is 7. The van der Waals surface area contributed by atoms with Gasteiger partial charge >= 0.3 is 0 Å². The molecule has 0 aliphatic carbocycles. The van der Waals surface area contributed by atoms with E-state index in [1.165, 1.54) is 18.5 Å². The van der Waals surface area contributed by atoms with Crippen LogP contribution in [0.1, 0.15) is 46.3 Å². The number of aromatic nitrogens is 2. The summed E-state index contributed by atoms with van der Waals surface area (Å²) >= 11 is 0. The number of pyridine rings is 1. The van der Waals surface area contributed by atoms with Gasteiger partial charge in [-0.3, -0.25) is 14.6 Å². The highest BCUT2D eigenvalue weighted by Crippen LogP contribution is 2.27. The number of piperidine rings is 1. The average molecular weight is 450 g/mol. The van der Waals surface area contributed by atoms with Crippen LogP contribution >= 0.6 is 0 Å². The SMILES string of the molecule is COc1ccc(Cc2cnc([C@H]3CCCN(C(=O)CNC(=O)c4cncc(O)c4)C3)o2)cc1. The number of nitrogens with zero attached hydrogens (tertiary/aromatic N) is 3. The first kappa shape index (κ1) is 22.3. The molecule has 1 saturated heterocycles. The van der Waals surface area contributed by atoms with E-state index in [-0.39, 0.29) is 29.7 Å². The van der Waals surface area contributed by atoms with Crippen LogP contribution in [-0.2, 0) is 11.2 Å². The van der Waals surface area contributed by atoms with E-state index < -0.39 is 5.91 Å². The molecule has 0 unspecified atom stereocenters. The molecule has 172 valence electrons. The van der Waals surface area contributed by atoms with Crippen LogP contribution in [0.4, 0.5) is 0 Å². The third kappa shape index (κ3) is 5.68. The number of benzene rings is 1. The highest BCUT2D eigenvalue weighted by molar-refractivity contribution is 5.96. The van der Waals surface area contributed by atoms with Crippen LogP contribution in [0.15, 0.2) is 53.3 Å². The number of carbonyl (C=O) groups is 2. The van der Waals surface area contributed by atoms with Crippen molar-refractivity contribution in [2.75, 3.05) is 26.7 Å². The summed E-state index contributed by atoms with van der Waals surface area (Å²) in [5, 5.41) is 12.0. The summed E-state index contributed by atoms with van der Waals surface area (Å²) in [6, 6.07) is 9.10. The second kappa shape index (κ2) is 10.2. The monoisotopic (exact) mass is 450 g/mol. The number of nitrogens with one attached hydrogen (secondary N) is 1. The summed E-state index contributed by atoms with van der Waals surface area (Å²) in [5.74, 6) is 1.47. The Balaban J connectivity index is 1.31. The van der Waals surface area contributed by atoms with E-state index >= 15 is 0 Å². The highest BCUT2D eigenvalue weighted by Gasteiger charge is 2.28. The van der Waals surface area contributed by atoms with Gasteiger partial charge in [0.05, 0.1) is 37.5 Å². The van der Waals surface area contributed by atoms with E-state index in [1.54, 1.807) is 18.2 Å². The van der Waals surface area contributed by atoms with Gasteiger partial charge in [0.25, 0.3) is 5.91 Å². The molecule has 2 N–H and O–H groups in total. The van der Waals surface area contributed by atoms with Crippen LogP contribution in [0.3, 0.4) is 0 Å². The van der Waals surface area contributed by atoms with Crippen molar-refractivity contribution >= 4 is 11.8 Å². The number of hydrogen-bond donors (Lipinski definition) is 2. The molecular formula is C24H26N4O5. The van der Waals surface area contributed by atoms with Crippen molar-refractivity contribution in [3.63, 3.8) is 0 Å². The Kier molecular flexibility index (Phi) is 6.87. The van der Waals surface area contributed by atoms with Crippen molar-refractivity contribution in [1.82, 2.24) is 20.2 Å². The molecule has 9 heteroatoms. The molecule has 3 aromatic rings. The number of methoxy groups -OCH3 is 1. The van der Waals surface area contributed by atoms with Gasteiger partial charge in [-0.1, -0.05) is 12.1 Å². The minimum Gasteiger partial charge on any atom is -0.506 e. The number of ether oxygens (including phenoxy) is 1. The Morgan fingerprint density at radius 1 is 1.24 bits per heavy atom. The second-order valence-electron chi connectivity index (χ2n) is 7.98. The van der Waals surface area contributed by atoms with Crippen molar-refractivity contribution in [2.24, 2.45) is 0 Å². The van der Waals surface area contributed by atoms with Gasteiger partial charge in [0.1, 0.15) is 17.3 Å². The molecule has 0 bridgehead atoms. The maximum Gasteiger partial charge on any atom is 0.253 e. The average Bonchev–Trinajstić information content (AvgIpc) is 3.31. The molecule has 4 rings (SSSR count).